The van der Waals surface area contributed by atoms with Gasteiger partial charge in [-0.2, -0.15) is 0 Å². The van der Waals surface area contributed by atoms with Gasteiger partial charge in [0, 0.05) is 0 Å². The van der Waals surface area contributed by atoms with Gasteiger partial charge in [0.25, 0.3) is 0 Å². The fourth-order valence-corrected chi connectivity index (χ4v) is 0.986. The molecule has 0 aliphatic carbocycles. The molecule has 1 aromatic rings. The normalized spacial score (nSPS) is 9.00. The van der Waals surface area contributed by atoms with Crippen LogP contribution in [0.4, 0.5) is 5.69 Å². The maximum atomic E-state index is 5.67. The third kappa shape index (κ3) is 1.70. The summed E-state index contributed by atoms with van der Waals surface area (Å²) < 4.78 is 5.26. The van der Waals surface area contributed by atoms with E-state index in [4.69, 9.17) is 16.9 Å². The van der Waals surface area contributed by atoms with Gasteiger partial charge >= 0.3 is 0 Å². The van der Waals surface area contributed by atoms with E-state index in [1.54, 1.807) is 6.07 Å². The standard InChI is InChI=1S/C10H11NO/c1-3-7-12-10-8(2)5-4-6-9(10)11/h1,4-6H,7,11H2,2H3. The minimum absolute atomic E-state index is 0.259. The lowest BCUT2D eigenvalue weighted by atomic mass is 10.2. The van der Waals surface area contributed by atoms with E-state index < -0.39 is 0 Å². The number of terminal acetylenes is 1. The van der Waals surface area contributed by atoms with Gasteiger partial charge in [0.1, 0.15) is 12.4 Å². The van der Waals surface area contributed by atoms with Crippen LogP contribution in [0.1, 0.15) is 5.56 Å². The fourth-order valence-electron chi connectivity index (χ4n) is 0.986. The number of benzene rings is 1. The topological polar surface area (TPSA) is 35.2 Å². The molecular formula is C10H11NO. The Morgan fingerprint density at radius 3 is 2.92 bits per heavy atom. The maximum Gasteiger partial charge on any atom is 0.148 e. The highest BCUT2D eigenvalue weighted by atomic mass is 16.5. The van der Waals surface area contributed by atoms with E-state index in [0.29, 0.717) is 11.4 Å². The van der Waals surface area contributed by atoms with Gasteiger partial charge < -0.3 is 10.5 Å². The third-order valence-corrected chi connectivity index (χ3v) is 1.54. The smallest absolute Gasteiger partial charge is 0.148 e. The van der Waals surface area contributed by atoms with Gasteiger partial charge in [-0.05, 0) is 18.6 Å². The summed E-state index contributed by atoms with van der Waals surface area (Å²) in [6.07, 6.45) is 5.06. The number of ether oxygens (including phenoxy) is 1. The fraction of sp³-hybridized carbons (Fsp3) is 0.200. The Balaban J connectivity index is 2.90. The van der Waals surface area contributed by atoms with Crippen LogP contribution >= 0.6 is 0 Å². The van der Waals surface area contributed by atoms with E-state index in [0.717, 1.165) is 5.56 Å². The lowest BCUT2D eigenvalue weighted by Gasteiger charge is -2.08. The lowest BCUT2D eigenvalue weighted by Crippen LogP contribution is -1.99. The molecule has 0 aromatic heterocycles. The second-order valence-electron chi connectivity index (χ2n) is 2.49. The zero-order valence-corrected chi connectivity index (χ0v) is 7.00. The Morgan fingerprint density at radius 1 is 1.58 bits per heavy atom. The molecule has 2 N–H and O–H groups in total. The molecule has 0 unspecified atom stereocenters. The predicted octanol–water partition coefficient (Wildman–Crippen LogP) is 1.59. The van der Waals surface area contributed by atoms with Gasteiger partial charge in [0.2, 0.25) is 0 Å². The van der Waals surface area contributed by atoms with E-state index >= 15 is 0 Å². The molecule has 0 aliphatic rings. The second-order valence-corrected chi connectivity index (χ2v) is 2.49. The summed E-state index contributed by atoms with van der Waals surface area (Å²) in [5.41, 5.74) is 7.30. The van der Waals surface area contributed by atoms with E-state index in [9.17, 15) is 0 Å². The number of hydrogen-bond acceptors (Lipinski definition) is 2. The first-order chi connectivity index (χ1) is 5.75. The molecule has 0 saturated carbocycles. The van der Waals surface area contributed by atoms with Crippen LogP contribution in [-0.4, -0.2) is 6.61 Å². The van der Waals surface area contributed by atoms with Gasteiger partial charge in [0.15, 0.2) is 0 Å². The van der Waals surface area contributed by atoms with Crippen molar-refractivity contribution >= 4 is 5.69 Å². The summed E-state index contributed by atoms with van der Waals surface area (Å²) in [6.45, 7) is 2.19. The lowest BCUT2D eigenvalue weighted by molar-refractivity contribution is 0.370. The number of aryl methyl sites for hydroxylation is 1. The highest BCUT2D eigenvalue weighted by molar-refractivity contribution is 5.56. The molecule has 0 atom stereocenters. The van der Waals surface area contributed by atoms with Crippen LogP contribution in [0, 0.1) is 19.3 Å². The van der Waals surface area contributed by atoms with Gasteiger partial charge in [-0.15, -0.1) is 6.42 Å². The number of nitrogen functional groups attached to an aromatic ring is 1. The molecule has 0 saturated heterocycles. The van der Waals surface area contributed by atoms with Crippen molar-refractivity contribution in [2.24, 2.45) is 0 Å². The summed E-state index contributed by atoms with van der Waals surface area (Å²) in [5, 5.41) is 0. The molecule has 1 rings (SSSR count). The van der Waals surface area contributed by atoms with Crippen molar-refractivity contribution in [2.45, 2.75) is 6.92 Å². The molecule has 12 heavy (non-hydrogen) atoms. The number of rotatable bonds is 2. The SMILES string of the molecule is C#CCOc1c(C)cccc1N. The first-order valence-corrected chi connectivity index (χ1v) is 3.67. The number of nitrogens with two attached hydrogens (primary N) is 1. The molecule has 1 aromatic carbocycles. The predicted molar refractivity (Wildman–Crippen MR) is 49.9 cm³/mol. The minimum atomic E-state index is 0.259. The minimum Gasteiger partial charge on any atom is -0.479 e. The Bertz CT molecular complexity index is 292. The monoisotopic (exact) mass is 161 g/mol. The van der Waals surface area contributed by atoms with Crippen LogP contribution < -0.4 is 10.5 Å². The van der Waals surface area contributed by atoms with Crippen LogP contribution in [0.15, 0.2) is 18.2 Å². The molecule has 2 heteroatoms. The molecule has 0 heterocycles. The molecule has 0 bridgehead atoms. The average molecular weight is 161 g/mol. The summed E-state index contributed by atoms with van der Waals surface area (Å²) in [6, 6.07) is 5.61. The zero-order chi connectivity index (χ0) is 8.97. The van der Waals surface area contributed by atoms with Crippen molar-refractivity contribution in [1.29, 1.82) is 0 Å². The van der Waals surface area contributed by atoms with E-state index in [1.165, 1.54) is 0 Å². The molecule has 2 nitrogen and oxygen atoms in total. The number of hydrogen-bond donors (Lipinski definition) is 1. The van der Waals surface area contributed by atoms with E-state index in [2.05, 4.69) is 5.92 Å². The van der Waals surface area contributed by atoms with Crippen LogP contribution in [-0.2, 0) is 0 Å². The van der Waals surface area contributed by atoms with Crippen molar-refractivity contribution in [3.05, 3.63) is 23.8 Å². The van der Waals surface area contributed by atoms with Crippen LogP contribution in [0.2, 0.25) is 0 Å². The van der Waals surface area contributed by atoms with Crippen molar-refractivity contribution in [3.63, 3.8) is 0 Å². The van der Waals surface area contributed by atoms with Gasteiger partial charge in [-0.3, -0.25) is 0 Å². The number of para-hydroxylation sites is 1. The Hall–Kier alpha value is -1.62. The van der Waals surface area contributed by atoms with Crippen LogP contribution in [0.5, 0.6) is 5.75 Å². The quantitative estimate of drug-likeness (QED) is 0.528. The van der Waals surface area contributed by atoms with E-state index in [-0.39, 0.29) is 6.61 Å². The Morgan fingerprint density at radius 2 is 2.33 bits per heavy atom. The van der Waals surface area contributed by atoms with Crippen molar-refractivity contribution in [1.82, 2.24) is 0 Å². The molecule has 62 valence electrons. The summed E-state index contributed by atoms with van der Waals surface area (Å²) in [4.78, 5) is 0. The molecule has 0 spiro atoms. The highest BCUT2D eigenvalue weighted by Crippen LogP contribution is 2.24. The van der Waals surface area contributed by atoms with Crippen LogP contribution in [0.25, 0.3) is 0 Å². The van der Waals surface area contributed by atoms with Gasteiger partial charge in [-0.1, -0.05) is 18.1 Å². The Labute approximate surface area is 72.3 Å². The second kappa shape index (κ2) is 3.68. The first kappa shape index (κ1) is 8.48. The molecule has 0 aliphatic heterocycles. The van der Waals surface area contributed by atoms with Gasteiger partial charge in [-0.25, -0.2) is 0 Å². The zero-order valence-electron chi connectivity index (χ0n) is 7.00. The third-order valence-electron chi connectivity index (χ3n) is 1.54. The maximum absolute atomic E-state index is 5.67. The summed E-state index contributed by atoms with van der Waals surface area (Å²) >= 11 is 0. The van der Waals surface area contributed by atoms with Gasteiger partial charge in [0.05, 0.1) is 5.69 Å². The summed E-state index contributed by atoms with van der Waals surface area (Å²) in [5.74, 6) is 3.08. The Kier molecular flexibility index (Phi) is 2.60. The van der Waals surface area contributed by atoms with E-state index in [1.807, 2.05) is 19.1 Å². The summed E-state index contributed by atoms with van der Waals surface area (Å²) in [7, 11) is 0. The molecular weight excluding hydrogens is 150 g/mol. The molecule has 0 amide bonds. The molecule has 0 fully saturated rings. The van der Waals surface area contributed by atoms with Crippen molar-refractivity contribution in [2.75, 3.05) is 12.3 Å². The number of anilines is 1. The first-order valence-electron chi connectivity index (χ1n) is 3.67. The largest absolute Gasteiger partial charge is 0.479 e. The van der Waals surface area contributed by atoms with Crippen LogP contribution in [0.3, 0.4) is 0 Å². The van der Waals surface area contributed by atoms with Crippen molar-refractivity contribution in [3.8, 4) is 18.1 Å². The highest BCUT2D eigenvalue weighted by Gasteiger charge is 2.01. The van der Waals surface area contributed by atoms with Crippen molar-refractivity contribution < 1.29 is 4.74 Å². The average Bonchev–Trinajstić information content (AvgIpc) is 2.04. The molecule has 0 radical (unpaired) electrons.